The quantitative estimate of drug-likeness (QED) is 0.260. The molecule has 1 aromatic heterocycles. The third-order valence-electron chi connectivity index (χ3n) is 3.87. The van der Waals surface area contributed by atoms with Crippen LogP contribution in [0.3, 0.4) is 0 Å². The van der Waals surface area contributed by atoms with Gasteiger partial charge >= 0.3 is 0 Å². The molecule has 143 valence electrons. The Hall–Kier alpha value is -2.29. The molecule has 1 N–H and O–H groups in total. The summed E-state index contributed by atoms with van der Waals surface area (Å²) >= 11 is 0. The van der Waals surface area contributed by atoms with Gasteiger partial charge in [0, 0.05) is 26.2 Å². The van der Waals surface area contributed by atoms with Gasteiger partial charge in [0.1, 0.15) is 0 Å². The molecule has 0 aliphatic rings. The van der Waals surface area contributed by atoms with Crippen molar-refractivity contribution in [2.24, 2.45) is 0 Å². The maximum absolute atomic E-state index is 10.0. The summed E-state index contributed by atoms with van der Waals surface area (Å²) in [4.78, 5) is 14.8. The zero-order chi connectivity index (χ0) is 19.3. The van der Waals surface area contributed by atoms with Gasteiger partial charge in [-0.05, 0) is 50.9 Å². The Morgan fingerprint density at radius 1 is 1.07 bits per heavy atom. The average Bonchev–Trinajstić information content (AvgIpc) is 2.54. The molecule has 0 bridgehead atoms. The molecule has 3 rings (SSSR count). The fraction of sp³-hybridized carbons (Fsp3) is 0.217. The van der Waals surface area contributed by atoms with Crippen LogP contribution in [-0.4, -0.2) is 15.9 Å². The van der Waals surface area contributed by atoms with Gasteiger partial charge in [0.15, 0.2) is 5.78 Å². The van der Waals surface area contributed by atoms with Gasteiger partial charge < -0.3 is 5.11 Å². The Morgan fingerprint density at radius 3 is 2.33 bits per heavy atom. The maximum atomic E-state index is 10.0. The number of aromatic nitrogens is 1. The van der Waals surface area contributed by atoms with Gasteiger partial charge in [-0.1, -0.05) is 30.2 Å². The smallest absolute Gasteiger partial charge is 0.155 e. The molecule has 0 aliphatic heterocycles. The van der Waals surface area contributed by atoms with Crippen LogP contribution < -0.4 is 0 Å². The topological polar surface area (TPSA) is 50.2 Å². The fourth-order valence-electron chi connectivity index (χ4n) is 2.73. The van der Waals surface area contributed by atoms with E-state index >= 15 is 0 Å². The number of fused-ring (bicyclic) bond motifs is 1. The van der Waals surface area contributed by atoms with Crippen molar-refractivity contribution in [3.63, 3.8) is 0 Å². The minimum atomic E-state index is -0.125. The average molecular weight is 539 g/mol. The molecule has 4 heteroatoms. The van der Waals surface area contributed by atoms with Crippen molar-refractivity contribution < 1.29 is 30.0 Å². The van der Waals surface area contributed by atoms with E-state index in [9.17, 15) is 4.79 Å². The second kappa shape index (κ2) is 10.1. The number of hydrogen-bond donors (Lipinski definition) is 1. The standard InChI is InChI=1S/C18H16N.C5H8O2.Ir/c1-12-8-9-17-15(10-12)11-14(3)18(19-17)16-7-5-4-6-13(16)2;1-4(6)3-5(2)7;/h4-6,8-11H,1-3H3;3,6H,1-2H3;/q-1;;/b;4-3-;. The molecule has 1 heterocycles. The summed E-state index contributed by atoms with van der Waals surface area (Å²) < 4.78 is 0. The van der Waals surface area contributed by atoms with Gasteiger partial charge in [-0.25, -0.2) is 0 Å². The predicted molar refractivity (Wildman–Crippen MR) is 107 cm³/mol. The zero-order valence-corrected chi connectivity index (χ0v) is 18.6. The predicted octanol–water partition coefficient (Wildman–Crippen LogP) is 5.66. The zero-order valence-electron chi connectivity index (χ0n) is 16.3. The van der Waals surface area contributed by atoms with Crippen molar-refractivity contribution in [3.05, 3.63) is 77.1 Å². The summed E-state index contributed by atoms with van der Waals surface area (Å²) in [5.74, 6) is -0.0625. The van der Waals surface area contributed by atoms with E-state index in [1.54, 1.807) is 0 Å². The fourth-order valence-corrected chi connectivity index (χ4v) is 2.73. The van der Waals surface area contributed by atoms with Crippen molar-refractivity contribution in [1.82, 2.24) is 4.98 Å². The summed E-state index contributed by atoms with van der Waals surface area (Å²) in [6, 6.07) is 18.0. The van der Waals surface area contributed by atoms with E-state index in [-0.39, 0.29) is 31.6 Å². The number of aryl methyl sites for hydroxylation is 3. The first kappa shape index (κ1) is 22.7. The summed E-state index contributed by atoms with van der Waals surface area (Å²) in [7, 11) is 0. The number of hydrogen-bond acceptors (Lipinski definition) is 3. The first-order valence-corrected chi connectivity index (χ1v) is 8.51. The number of aliphatic hydroxyl groups is 1. The largest absolute Gasteiger partial charge is 0.512 e. The summed E-state index contributed by atoms with van der Waals surface area (Å²) in [6.07, 6.45) is 1.17. The van der Waals surface area contributed by atoms with Crippen molar-refractivity contribution in [3.8, 4) is 11.3 Å². The van der Waals surface area contributed by atoms with Crippen molar-refractivity contribution >= 4 is 16.7 Å². The number of carbonyl (C=O) groups is 1. The second-order valence-electron chi connectivity index (χ2n) is 6.47. The molecule has 0 unspecified atom stereocenters. The van der Waals surface area contributed by atoms with E-state index in [2.05, 4.69) is 57.2 Å². The third-order valence-corrected chi connectivity index (χ3v) is 3.87. The van der Waals surface area contributed by atoms with Gasteiger partial charge in [0.2, 0.25) is 0 Å². The molecule has 0 amide bonds. The van der Waals surface area contributed by atoms with Crippen molar-refractivity contribution in [2.75, 3.05) is 0 Å². The maximum Gasteiger partial charge on any atom is 0.155 e. The molecule has 0 spiro atoms. The Bertz CT molecular complexity index is 973. The Morgan fingerprint density at radius 2 is 1.78 bits per heavy atom. The first-order chi connectivity index (χ1) is 12.3. The molecule has 0 aliphatic carbocycles. The summed E-state index contributed by atoms with van der Waals surface area (Å²) in [5.41, 5.74) is 6.86. The minimum Gasteiger partial charge on any atom is -0.512 e. The van der Waals surface area contributed by atoms with Gasteiger partial charge in [0.25, 0.3) is 0 Å². The Kier molecular flexibility index (Phi) is 8.55. The number of carbonyl (C=O) groups excluding carboxylic acids is 1. The van der Waals surface area contributed by atoms with Crippen molar-refractivity contribution in [1.29, 1.82) is 0 Å². The van der Waals surface area contributed by atoms with E-state index in [0.29, 0.717) is 0 Å². The third kappa shape index (κ3) is 6.42. The number of ketones is 1. The van der Waals surface area contributed by atoms with Crippen LogP contribution in [0.5, 0.6) is 0 Å². The van der Waals surface area contributed by atoms with E-state index in [0.717, 1.165) is 16.8 Å². The number of benzene rings is 2. The summed E-state index contributed by atoms with van der Waals surface area (Å²) in [6.45, 7) is 9.18. The van der Waals surface area contributed by atoms with Crippen LogP contribution in [0, 0.1) is 26.8 Å². The monoisotopic (exact) mass is 539 g/mol. The van der Waals surface area contributed by atoms with Gasteiger partial charge in [0.05, 0.1) is 11.3 Å². The van der Waals surface area contributed by atoms with Crippen LogP contribution in [-0.2, 0) is 24.9 Å². The molecule has 0 saturated carbocycles. The molecule has 27 heavy (non-hydrogen) atoms. The van der Waals surface area contributed by atoms with E-state index in [1.807, 2.05) is 12.1 Å². The second-order valence-corrected chi connectivity index (χ2v) is 6.47. The number of allylic oxidation sites excluding steroid dienone is 2. The van der Waals surface area contributed by atoms with Gasteiger partial charge in [-0.3, -0.25) is 9.78 Å². The molecule has 2 aromatic carbocycles. The number of aliphatic hydroxyl groups excluding tert-OH is 1. The molecular formula is C23H24IrNO2-. The SMILES string of the molecule is CC(=O)/C=C(/C)O.Cc1ccc2nc(-c3[c-]cccc3C)c(C)cc2c1.[Ir]. The van der Waals surface area contributed by atoms with Crippen LogP contribution in [0.15, 0.2) is 54.3 Å². The van der Waals surface area contributed by atoms with Crippen LogP contribution in [0.4, 0.5) is 0 Å². The Balaban J connectivity index is 0.000000395. The summed E-state index contributed by atoms with van der Waals surface area (Å²) in [5, 5.41) is 9.57. The van der Waals surface area contributed by atoms with E-state index in [1.165, 1.54) is 42.0 Å². The molecule has 0 fully saturated rings. The van der Waals surface area contributed by atoms with Gasteiger partial charge in [-0.2, -0.15) is 0 Å². The number of nitrogens with zero attached hydrogens (tertiary/aromatic N) is 1. The van der Waals surface area contributed by atoms with Crippen molar-refractivity contribution in [2.45, 2.75) is 34.6 Å². The van der Waals surface area contributed by atoms with Crippen LogP contribution in [0.2, 0.25) is 0 Å². The molecule has 1 radical (unpaired) electrons. The van der Waals surface area contributed by atoms with Gasteiger partial charge in [-0.15, -0.1) is 35.4 Å². The molecule has 0 atom stereocenters. The normalized spacial score (nSPS) is 10.6. The Labute approximate surface area is 174 Å². The van der Waals surface area contributed by atoms with Crippen LogP contribution >= 0.6 is 0 Å². The molecule has 3 aromatic rings. The van der Waals surface area contributed by atoms with Crippen LogP contribution in [0.25, 0.3) is 22.2 Å². The van der Waals surface area contributed by atoms with E-state index in [4.69, 9.17) is 10.1 Å². The number of pyridine rings is 1. The number of rotatable bonds is 2. The van der Waals surface area contributed by atoms with Crippen LogP contribution in [0.1, 0.15) is 30.5 Å². The molecular weight excluding hydrogens is 514 g/mol. The minimum absolute atomic E-state index is 0. The molecule has 3 nitrogen and oxygen atoms in total. The molecule has 0 saturated heterocycles. The first-order valence-electron chi connectivity index (χ1n) is 8.51. The van der Waals surface area contributed by atoms with E-state index < -0.39 is 0 Å².